The van der Waals surface area contributed by atoms with Gasteiger partial charge in [0.1, 0.15) is 0 Å². The summed E-state index contributed by atoms with van der Waals surface area (Å²) in [6.45, 7) is 2.21. The Hall–Kier alpha value is -1.66. The summed E-state index contributed by atoms with van der Waals surface area (Å²) in [4.78, 5) is 21.6. The van der Waals surface area contributed by atoms with E-state index < -0.39 is 5.97 Å². The third-order valence-corrected chi connectivity index (χ3v) is 4.27. The number of benzene rings is 2. The average molecular weight is 458 g/mol. The molecule has 0 fully saturated rings. The van der Waals surface area contributed by atoms with E-state index in [1.165, 1.54) is 0 Å². The molecule has 2 aromatic rings. The molecule has 0 atom stereocenters. The van der Waals surface area contributed by atoms with Gasteiger partial charge in [0.15, 0.2) is 0 Å². The van der Waals surface area contributed by atoms with Crippen molar-refractivity contribution < 1.29 is 19.4 Å². The lowest BCUT2D eigenvalue weighted by atomic mass is 10.1. The first-order valence-corrected chi connectivity index (χ1v) is 9.46. The molecule has 2 rings (SSSR count). The second-order valence-corrected chi connectivity index (χ2v) is 5.81. The lowest BCUT2D eigenvalue weighted by Crippen LogP contribution is -2.04. The summed E-state index contributed by atoms with van der Waals surface area (Å²) in [5, 5.41) is 10.1. The number of aromatic carboxylic acids is 1. The van der Waals surface area contributed by atoms with Gasteiger partial charge < -0.3 is 9.84 Å². The Bertz CT molecular complexity index is 652. The van der Waals surface area contributed by atoms with Gasteiger partial charge in [-0.2, -0.15) is 0 Å². The Morgan fingerprint density at radius 2 is 1.29 bits per heavy atom. The van der Waals surface area contributed by atoms with Gasteiger partial charge in [0.25, 0.3) is 0 Å². The molecule has 24 heavy (non-hydrogen) atoms. The highest BCUT2D eigenvalue weighted by Crippen LogP contribution is 2.09. The molecular formula is C18H18Br2O4. The fourth-order valence-corrected chi connectivity index (χ4v) is 2.43. The van der Waals surface area contributed by atoms with E-state index in [1.807, 2.05) is 12.1 Å². The van der Waals surface area contributed by atoms with Crippen LogP contribution in [0.3, 0.4) is 0 Å². The molecule has 6 heteroatoms. The molecule has 0 aliphatic carbocycles. The minimum Gasteiger partial charge on any atom is -0.478 e. The van der Waals surface area contributed by atoms with Crippen LogP contribution in [0.4, 0.5) is 0 Å². The molecule has 0 radical (unpaired) electrons. The molecule has 128 valence electrons. The van der Waals surface area contributed by atoms with Crippen LogP contribution in [0.15, 0.2) is 48.5 Å². The molecule has 0 saturated carbocycles. The number of esters is 1. The Morgan fingerprint density at radius 3 is 1.62 bits per heavy atom. The third-order valence-electron chi connectivity index (χ3n) is 2.97. The second-order valence-electron chi connectivity index (χ2n) is 4.69. The maximum atomic E-state index is 11.2. The zero-order valence-corrected chi connectivity index (χ0v) is 16.3. The van der Waals surface area contributed by atoms with Crippen LogP contribution in [-0.2, 0) is 15.4 Å². The van der Waals surface area contributed by atoms with Gasteiger partial charge in [0, 0.05) is 10.7 Å². The van der Waals surface area contributed by atoms with Gasteiger partial charge in [0.05, 0.1) is 17.7 Å². The van der Waals surface area contributed by atoms with Crippen molar-refractivity contribution in [2.75, 3.05) is 6.61 Å². The van der Waals surface area contributed by atoms with Gasteiger partial charge >= 0.3 is 11.9 Å². The van der Waals surface area contributed by atoms with Crippen molar-refractivity contribution in [3.05, 3.63) is 70.8 Å². The van der Waals surface area contributed by atoms with E-state index in [4.69, 9.17) is 9.84 Å². The molecule has 0 bridgehead atoms. The SMILES string of the molecule is CCOC(=O)c1ccc(CBr)cc1.O=C(O)c1ccc(CBr)cc1. The molecule has 0 heterocycles. The lowest BCUT2D eigenvalue weighted by molar-refractivity contribution is 0.0526. The van der Waals surface area contributed by atoms with Crippen molar-refractivity contribution in [2.45, 2.75) is 17.6 Å². The normalized spacial score (nSPS) is 9.62. The average Bonchev–Trinajstić information content (AvgIpc) is 2.62. The van der Waals surface area contributed by atoms with Crippen LogP contribution in [0.5, 0.6) is 0 Å². The lowest BCUT2D eigenvalue weighted by Gasteiger charge is -2.01. The van der Waals surface area contributed by atoms with Crippen LogP contribution < -0.4 is 0 Å². The largest absolute Gasteiger partial charge is 0.478 e. The summed E-state index contributed by atoms with van der Waals surface area (Å²) < 4.78 is 4.85. The van der Waals surface area contributed by atoms with Gasteiger partial charge in [0.2, 0.25) is 0 Å². The first kappa shape index (κ1) is 20.4. The summed E-state index contributed by atoms with van der Waals surface area (Å²) >= 11 is 6.61. The highest BCUT2D eigenvalue weighted by atomic mass is 79.9. The standard InChI is InChI=1S/C10H11BrO2.C8H7BrO2/c1-2-13-10(12)9-5-3-8(7-11)4-6-9;9-5-6-1-3-7(4-2-6)8(10)11/h3-6H,2,7H2,1H3;1-4H,5H2,(H,10,11). The van der Waals surface area contributed by atoms with E-state index in [0.717, 1.165) is 21.8 Å². The quantitative estimate of drug-likeness (QED) is 0.504. The predicted molar refractivity (Wildman–Crippen MR) is 101 cm³/mol. The Balaban J connectivity index is 0.000000243. The molecule has 2 aromatic carbocycles. The van der Waals surface area contributed by atoms with Crippen molar-refractivity contribution in [3.63, 3.8) is 0 Å². The molecule has 0 spiro atoms. The smallest absolute Gasteiger partial charge is 0.338 e. The zero-order valence-electron chi connectivity index (χ0n) is 13.2. The van der Waals surface area contributed by atoms with Crippen LogP contribution in [0.2, 0.25) is 0 Å². The van der Waals surface area contributed by atoms with Gasteiger partial charge in [-0.25, -0.2) is 9.59 Å². The van der Waals surface area contributed by atoms with E-state index in [9.17, 15) is 9.59 Å². The molecule has 0 aliphatic rings. The van der Waals surface area contributed by atoms with Crippen molar-refractivity contribution in [3.8, 4) is 0 Å². The summed E-state index contributed by atoms with van der Waals surface area (Å²) in [6.07, 6.45) is 0. The molecule has 4 nitrogen and oxygen atoms in total. The van der Waals surface area contributed by atoms with Gasteiger partial charge in [-0.1, -0.05) is 56.1 Å². The first-order chi connectivity index (χ1) is 11.5. The van der Waals surface area contributed by atoms with E-state index in [0.29, 0.717) is 17.7 Å². The van der Waals surface area contributed by atoms with Crippen LogP contribution in [0.1, 0.15) is 38.8 Å². The summed E-state index contributed by atoms with van der Waals surface area (Å²) in [6, 6.07) is 14.1. The Morgan fingerprint density at radius 1 is 0.875 bits per heavy atom. The molecule has 0 unspecified atom stereocenters. The molecule has 0 aromatic heterocycles. The molecule has 1 N–H and O–H groups in total. The highest BCUT2D eigenvalue weighted by Gasteiger charge is 2.04. The number of alkyl halides is 2. The zero-order chi connectivity index (χ0) is 17.9. The van der Waals surface area contributed by atoms with Crippen LogP contribution in [0, 0.1) is 0 Å². The summed E-state index contributed by atoms with van der Waals surface area (Å²) in [7, 11) is 0. The van der Waals surface area contributed by atoms with Crippen molar-refractivity contribution in [2.24, 2.45) is 0 Å². The number of halogens is 2. The topological polar surface area (TPSA) is 63.6 Å². The maximum absolute atomic E-state index is 11.2. The second kappa shape index (κ2) is 11.0. The van der Waals surface area contributed by atoms with Gasteiger partial charge in [-0.05, 0) is 42.3 Å². The van der Waals surface area contributed by atoms with Gasteiger partial charge in [-0.3, -0.25) is 0 Å². The third kappa shape index (κ3) is 6.84. The van der Waals surface area contributed by atoms with E-state index in [-0.39, 0.29) is 5.97 Å². The Labute approximate surface area is 158 Å². The van der Waals surface area contributed by atoms with E-state index >= 15 is 0 Å². The van der Waals surface area contributed by atoms with Gasteiger partial charge in [-0.15, -0.1) is 0 Å². The fourth-order valence-electron chi connectivity index (χ4n) is 1.68. The number of carbonyl (C=O) groups excluding carboxylic acids is 1. The number of carbonyl (C=O) groups is 2. The highest BCUT2D eigenvalue weighted by molar-refractivity contribution is 9.08. The molecular weight excluding hydrogens is 440 g/mol. The fraction of sp³-hybridized carbons (Fsp3) is 0.222. The molecule has 0 aliphatic heterocycles. The van der Waals surface area contributed by atoms with E-state index in [2.05, 4.69) is 31.9 Å². The first-order valence-electron chi connectivity index (χ1n) is 7.22. The number of carboxylic acid groups (broad SMARTS) is 1. The molecule has 0 amide bonds. The van der Waals surface area contributed by atoms with Crippen molar-refractivity contribution in [1.29, 1.82) is 0 Å². The van der Waals surface area contributed by atoms with Crippen LogP contribution in [-0.4, -0.2) is 23.7 Å². The minimum atomic E-state index is -0.883. The van der Waals surface area contributed by atoms with Crippen LogP contribution in [0.25, 0.3) is 0 Å². The van der Waals surface area contributed by atoms with E-state index in [1.54, 1.807) is 43.3 Å². The Kier molecular flexibility index (Phi) is 9.34. The molecule has 0 saturated heterocycles. The van der Waals surface area contributed by atoms with Crippen molar-refractivity contribution >= 4 is 43.8 Å². The number of hydrogen-bond donors (Lipinski definition) is 1. The number of hydrogen-bond acceptors (Lipinski definition) is 3. The monoisotopic (exact) mass is 456 g/mol. The maximum Gasteiger partial charge on any atom is 0.338 e. The minimum absolute atomic E-state index is 0.261. The number of rotatable bonds is 5. The summed E-state index contributed by atoms with van der Waals surface area (Å²) in [5.41, 5.74) is 3.16. The van der Waals surface area contributed by atoms with Crippen LogP contribution >= 0.6 is 31.9 Å². The predicted octanol–water partition coefficient (Wildman–Crippen LogP) is 5.04. The summed E-state index contributed by atoms with van der Waals surface area (Å²) in [5.74, 6) is -1.14. The van der Waals surface area contributed by atoms with Crippen molar-refractivity contribution in [1.82, 2.24) is 0 Å². The number of ether oxygens (including phenoxy) is 1. The number of carboxylic acids is 1.